The molecule has 4 nitrogen and oxygen atoms in total. The molecule has 1 rings (SSSR count). The molecule has 0 aliphatic carbocycles. The number of hydrogen-bond donors (Lipinski definition) is 1. The van der Waals surface area contributed by atoms with Crippen molar-refractivity contribution in [1.29, 1.82) is 0 Å². The smallest absolute Gasteiger partial charge is 0.253 e. The van der Waals surface area contributed by atoms with E-state index < -0.39 is 5.91 Å². The lowest BCUT2D eigenvalue weighted by molar-refractivity contribution is 0.0795. The van der Waals surface area contributed by atoms with Crippen molar-refractivity contribution in [2.45, 2.75) is 20.3 Å². The predicted molar refractivity (Wildman–Crippen MR) is 66.9 cm³/mol. The van der Waals surface area contributed by atoms with Crippen molar-refractivity contribution in [2.75, 3.05) is 13.6 Å². The standard InChI is InChI=1S/C13H18N2O2/c1-4-5-15(3)13(17)11-7-9(2)6-10(8-11)12(14)16/h6-8H,4-5H2,1-3H3,(H2,14,16). The largest absolute Gasteiger partial charge is 0.366 e. The van der Waals surface area contributed by atoms with Gasteiger partial charge in [-0.15, -0.1) is 0 Å². The van der Waals surface area contributed by atoms with Crippen molar-refractivity contribution >= 4 is 11.8 Å². The summed E-state index contributed by atoms with van der Waals surface area (Å²) in [5.74, 6) is -0.598. The molecule has 0 radical (unpaired) electrons. The molecule has 1 aromatic carbocycles. The van der Waals surface area contributed by atoms with Crippen molar-refractivity contribution in [3.63, 3.8) is 0 Å². The Bertz CT molecular complexity index is 441. The molecule has 0 atom stereocenters. The van der Waals surface area contributed by atoms with Crippen LogP contribution < -0.4 is 5.73 Å². The third-order valence-electron chi connectivity index (χ3n) is 2.51. The van der Waals surface area contributed by atoms with Crippen LogP contribution in [0.2, 0.25) is 0 Å². The van der Waals surface area contributed by atoms with E-state index in [0.717, 1.165) is 12.0 Å². The summed E-state index contributed by atoms with van der Waals surface area (Å²) in [6.45, 7) is 4.54. The zero-order chi connectivity index (χ0) is 13.0. The fraction of sp³-hybridized carbons (Fsp3) is 0.385. The first kappa shape index (κ1) is 13.2. The summed E-state index contributed by atoms with van der Waals surface area (Å²) in [4.78, 5) is 24.8. The first-order valence-electron chi connectivity index (χ1n) is 5.62. The average Bonchev–Trinajstić information content (AvgIpc) is 2.27. The third kappa shape index (κ3) is 3.31. The molecule has 0 spiro atoms. The van der Waals surface area contributed by atoms with Gasteiger partial charge in [0.15, 0.2) is 0 Å². The number of nitrogens with two attached hydrogens (primary N) is 1. The first-order chi connectivity index (χ1) is 7.95. The van der Waals surface area contributed by atoms with Crippen molar-refractivity contribution in [1.82, 2.24) is 4.90 Å². The van der Waals surface area contributed by atoms with Crippen LogP contribution in [-0.4, -0.2) is 30.3 Å². The molecular weight excluding hydrogens is 216 g/mol. The van der Waals surface area contributed by atoms with E-state index in [1.54, 1.807) is 30.1 Å². The minimum absolute atomic E-state index is 0.0851. The molecular formula is C13H18N2O2. The molecule has 0 saturated heterocycles. The van der Waals surface area contributed by atoms with Crippen molar-refractivity contribution in [3.8, 4) is 0 Å². The number of primary amides is 1. The summed E-state index contributed by atoms with van der Waals surface area (Å²) in [7, 11) is 1.75. The van der Waals surface area contributed by atoms with Crippen LogP contribution in [0.25, 0.3) is 0 Å². The molecule has 4 heteroatoms. The lowest BCUT2D eigenvalue weighted by Gasteiger charge is -2.16. The number of carbonyl (C=O) groups is 2. The molecule has 2 amide bonds. The maximum atomic E-state index is 12.0. The summed E-state index contributed by atoms with van der Waals surface area (Å²) < 4.78 is 0. The lowest BCUT2D eigenvalue weighted by Crippen LogP contribution is -2.27. The predicted octanol–water partition coefficient (Wildman–Crippen LogP) is 1.58. The number of benzene rings is 1. The quantitative estimate of drug-likeness (QED) is 0.859. The van der Waals surface area contributed by atoms with Gasteiger partial charge in [-0.2, -0.15) is 0 Å². The van der Waals surface area contributed by atoms with Gasteiger partial charge in [-0.1, -0.05) is 6.92 Å². The van der Waals surface area contributed by atoms with Crippen LogP contribution in [0.15, 0.2) is 18.2 Å². The van der Waals surface area contributed by atoms with E-state index in [4.69, 9.17) is 5.73 Å². The van der Waals surface area contributed by atoms with Crippen LogP contribution >= 0.6 is 0 Å². The van der Waals surface area contributed by atoms with Crippen LogP contribution in [0.4, 0.5) is 0 Å². The molecule has 17 heavy (non-hydrogen) atoms. The van der Waals surface area contributed by atoms with E-state index in [9.17, 15) is 9.59 Å². The van der Waals surface area contributed by atoms with Gasteiger partial charge in [0, 0.05) is 24.7 Å². The van der Waals surface area contributed by atoms with Crippen LogP contribution in [0.3, 0.4) is 0 Å². The van der Waals surface area contributed by atoms with E-state index >= 15 is 0 Å². The van der Waals surface area contributed by atoms with E-state index in [-0.39, 0.29) is 5.91 Å². The number of rotatable bonds is 4. The van der Waals surface area contributed by atoms with Crippen molar-refractivity contribution < 1.29 is 9.59 Å². The van der Waals surface area contributed by atoms with E-state index in [2.05, 4.69) is 0 Å². The van der Waals surface area contributed by atoms with Gasteiger partial charge in [-0.3, -0.25) is 9.59 Å². The second-order valence-electron chi connectivity index (χ2n) is 4.18. The monoisotopic (exact) mass is 234 g/mol. The summed E-state index contributed by atoms with van der Waals surface area (Å²) in [6, 6.07) is 4.99. The molecule has 0 unspecified atom stereocenters. The zero-order valence-corrected chi connectivity index (χ0v) is 10.5. The maximum absolute atomic E-state index is 12.0. The van der Waals surface area contributed by atoms with E-state index in [0.29, 0.717) is 17.7 Å². The van der Waals surface area contributed by atoms with Crippen LogP contribution in [0.1, 0.15) is 39.6 Å². The second-order valence-corrected chi connectivity index (χ2v) is 4.18. The molecule has 1 aromatic rings. The van der Waals surface area contributed by atoms with Gasteiger partial charge >= 0.3 is 0 Å². The van der Waals surface area contributed by atoms with Gasteiger partial charge in [-0.25, -0.2) is 0 Å². The van der Waals surface area contributed by atoms with Gasteiger partial charge < -0.3 is 10.6 Å². The molecule has 92 valence electrons. The second kappa shape index (κ2) is 5.48. The average molecular weight is 234 g/mol. The highest BCUT2D eigenvalue weighted by molar-refractivity contribution is 5.99. The Kier molecular flexibility index (Phi) is 4.26. The number of aryl methyl sites for hydroxylation is 1. The minimum atomic E-state index is -0.513. The molecule has 0 saturated carbocycles. The van der Waals surface area contributed by atoms with Gasteiger partial charge in [0.2, 0.25) is 5.91 Å². The third-order valence-corrected chi connectivity index (χ3v) is 2.51. The molecule has 0 bridgehead atoms. The Labute approximate surface area is 101 Å². The highest BCUT2D eigenvalue weighted by Crippen LogP contribution is 2.11. The summed E-state index contributed by atoms with van der Waals surface area (Å²) >= 11 is 0. The fourth-order valence-corrected chi connectivity index (χ4v) is 1.71. The molecule has 0 heterocycles. The van der Waals surface area contributed by atoms with Gasteiger partial charge in [0.25, 0.3) is 5.91 Å². The highest BCUT2D eigenvalue weighted by Gasteiger charge is 2.13. The highest BCUT2D eigenvalue weighted by atomic mass is 16.2. The molecule has 0 aromatic heterocycles. The molecule has 2 N–H and O–H groups in total. The Morgan fingerprint density at radius 3 is 2.35 bits per heavy atom. The normalized spacial score (nSPS) is 10.1. The first-order valence-corrected chi connectivity index (χ1v) is 5.62. The number of amides is 2. The molecule has 0 fully saturated rings. The van der Waals surface area contributed by atoms with Gasteiger partial charge in [0.1, 0.15) is 0 Å². The Balaban J connectivity index is 3.05. The SMILES string of the molecule is CCCN(C)C(=O)c1cc(C)cc(C(N)=O)c1. The maximum Gasteiger partial charge on any atom is 0.253 e. The Morgan fingerprint density at radius 1 is 1.24 bits per heavy atom. The van der Waals surface area contributed by atoms with Crippen molar-refractivity contribution in [2.24, 2.45) is 5.73 Å². The Morgan fingerprint density at radius 2 is 1.82 bits per heavy atom. The van der Waals surface area contributed by atoms with E-state index in [1.165, 1.54) is 0 Å². The van der Waals surface area contributed by atoms with Gasteiger partial charge in [-0.05, 0) is 37.1 Å². The molecule has 0 aliphatic heterocycles. The number of hydrogen-bond acceptors (Lipinski definition) is 2. The van der Waals surface area contributed by atoms with Crippen LogP contribution in [-0.2, 0) is 0 Å². The Hall–Kier alpha value is -1.84. The summed E-state index contributed by atoms with van der Waals surface area (Å²) in [5.41, 5.74) is 6.96. The topological polar surface area (TPSA) is 63.4 Å². The molecule has 0 aliphatic rings. The number of nitrogens with zero attached hydrogens (tertiary/aromatic N) is 1. The fourth-order valence-electron chi connectivity index (χ4n) is 1.71. The summed E-state index contributed by atoms with van der Waals surface area (Å²) in [6.07, 6.45) is 0.900. The van der Waals surface area contributed by atoms with Gasteiger partial charge in [0.05, 0.1) is 0 Å². The minimum Gasteiger partial charge on any atom is -0.366 e. The summed E-state index contributed by atoms with van der Waals surface area (Å²) in [5, 5.41) is 0. The van der Waals surface area contributed by atoms with Crippen molar-refractivity contribution in [3.05, 3.63) is 34.9 Å². The zero-order valence-electron chi connectivity index (χ0n) is 10.5. The van der Waals surface area contributed by atoms with Crippen LogP contribution in [0.5, 0.6) is 0 Å². The lowest BCUT2D eigenvalue weighted by atomic mass is 10.1. The van der Waals surface area contributed by atoms with E-state index in [1.807, 2.05) is 13.8 Å². The van der Waals surface area contributed by atoms with Crippen LogP contribution in [0, 0.1) is 6.92 Å². The number of carbonyl (C=O) groups excluding carboxylic acids is 2.